The fourth-order valence-electron chi connectivity index (χ4n) is 2.94. The summed E-state index contributed by atoms with van der Waals surface area (Å²) in [5.74, 6) is 0.409. The van der Waals surface area contributed by atoms with E-state index in [1.807, 2.05) is 0 Å². The maximum atomic E-state index is 11.8. The third kappa shape index (κ3) is 12.9. The van der Waals surface area contributed by atoms with Gasteiger partial charge in [-0.25, -0.2) is 0 Å². The quantitative estimate of drug-likeness (QED) is 0.186. The lowest BCUT2D eigenvalue weighted by atomic mass is 10.1. The van der Waals surface area contributed by atoms with E-state index in [4.69, 9.17) is 9.47 Å². The van der Waals surface area contributed by atoms with Gasteiger partial charge in [0.25, 0.3) is 0 Å². The van der Waals surface area contributed by atoms with Gasteiger partial charge in [0.05, 0.1) is 13.7 Å². The van der Waals surface area contributed by atoms with Gasteiger partial charge >= 0.3 is 5.97 Å². The maximum absolute atomic E-state index is 11.8. The van der Waals surface area contributed by atoms with Crippen molar-refractivity contribution in [1.82, 2.24) is 0 Å². The molecule has 1 aromatic carbocycles. The largest absolute Gasteiger partial charge is 0.504 e. The summed E-state index contributed by atoms with van der Waals surface area (Å²) >= 11 is 0. The van der Waals surface area contributed by atoms with Crippen molar-refractivity contribution in [3.63, 3.8) is 0 Å². The smallest absolute Gasteiger partial charge is 0.305 e. The highest BCUT2D eigenvalue weighted by molar-refractivity contribution is 5.69. The number of unbranched alkanes of at least 4 members (excludes halogenated alkanes) is 4. The van der Waals surface area contributed by atoms with Crippen LogP contribution in [0.2, 0.25) is 0 Å². The molecule has 0 fully saturated rings. The lowest BCUT2D eigenvalue weighted by Gasteiger charge is -2.08. The van der Waals surface area contributed by atoms with Crippen molar-refractivity contribution in [2.75, 3.05) is 13.7 Å². The first-order valence-electron chi connectivity index (χ1n) is 11.1. The van der Waals surface area contributed by atoms with E-state index < -0.39 is 0 Å². The Morgan fingerprint density at radius 3 is 2.40 bits per heavy atom. The first-order chi connectivity index (χ1) is 14.7. The normalized spacial score (nSPS) is 11.7. The number of rotatable bonds is 16. The van der Waals surface area contributed by atoms with Crippen molar-refractivity contribution in [2.45, 2.75) is 71.1 Å². The SMILES string of the molecule is CC/C=C\C/C=C\C/C=C\CCCCCCC(=O)OCCc1ccc(O)c(OC)c1. The molecular weight excluding hydrogens is 376 g/mol. The number of aromatic hydroxyl groups is 1. The molecule has 0 amide bonds. The summed E-state index contributed by atoms with van der Waals surface area (Å²) in [6, 6.07) is 5.16. The molecule has 1 rings (SSSR count). The fraction of sp³-hybridized carbons (Fsp3) is 0.500. The number of methoxy groups -OCH3 is 1. The van der Waals surface area contributed by atoms with Crippen molar-refractivity contribution in [3.05, 3.63) is 60.2 Å². The molecule has 4 nitrogen and oxygen atoms in total. The fourth-order valence-corrected chi connectivity index (χ4v) is 2.94. The molecule has 0 unspecified atom stereocenters. The van der Waals surface area contributed by atoms with Gasteiger partial charge in [-0.2, -0.15) is 0 Å². The number of hydrogen-bond donors (Lipinski definition) is 1. The van der Waals surface area contributed by atoms with Crippen LogP contribution in [0.5, 0.6) is 11.5 Å². The molecule has 0 atom stereocenters. The molecule has 4 heteroatoms. The van der Waals surface area contributed by atoms with Gasteiger partial charge in [0, 0.05) is 12.8 Å². The first-order valence-corrected chi connectivity index (χ1v) is 11.1. The number of phenolic OH excluding ortho intramolecular Hbond substituents is 1. The van der Waals surface area contributed by atoms with E-state index in [0.717, 1.165) is 56.9 Å². The Bertz CT molecular complexity index is 674. The molecule has 0 radical (unpaired) electrons. The second-order valence-corrected chi connectivity index (χ2v) is 7.22. The second kappa shape index (κ2) is 17.4. The van der Waals surface area contributed by atoms with Crippen LogP contribution in [0, 0.1) is 0 Å². The monoisotopic (exact) mass is 414 g/mol. The lowest BCUT2D eigenvalue weighted by Crippen LogP contribution is -2.07. The minimum atomic E-state index is -0.138. The van der Waals surface area contributed by atoms with Gasteiger partial charge in [-0.05, 0) is 56.2 Å². The minimum absolute atomic E-state index is 0.112. The zero-order valence-electron chi connectivity index (χ0n) is 18.6. The van der Waals surface area contributed by atoms with Crippen LogP contribution in [0.4, 0.5) is 0 Å². The highest BCUT2D eigenvalue weighted by atomic mass is 16.5. The molecule has 0 aliphatic heterocycles. The van der Waals surface area contributed by atoms with Crippen LogP contribution in [0.3, 0.4) is 0 Å². The van der Waals surface area contributed by atoms with Gasteiger partial charge in [-0.3, -0.25) is 4.79 Å². The number of ether oxygens (including phenoxy) is 2. The molecule has 30 heavy (non-hydrogen) atoms. The van der Waals surface area contributed by atoms with Crippen LogP contribution < -0.4 is 4.74 Å². The van der Waals surface area contributed by atoms with Gasteiger partial charge in [0.1, 0.15) is 0 Å². The topological polar surface area (TPSA) is 55.8 Å². The Morgan fingerprint density at radius 1 is 0.967 bits per heavy atom. The Hall–Kier alpha value is -2.49. The van der Waals surface area contributed by atoms with Crippen molar-refractivity contribution in [2.24, 2.45) is 0 Å². The Labute approximate surface area is 182 Å². The molecule has 0 saturated carbocycles. The highest BCUT2D eigenvalue weighted by Gasteiger charge is 2.05. The number of benzene rings is 1. The summed E-state index contributed by atoms with van der Waals surface area (Å²) < 4.78 is 10.4. The van der Waals surface area contributed by atoms with Gasteiger partial charge in [-0.1, -0.05) is 62.3 Å². The van der Waals surface area contributed by atoms with Crippen LogP contribution in [0.1, 0.15) is 70.3 Å². The Morgan fingerprint density at radius 2 is 1.67 bits per heavy atom. The summed E-state index contributed by atoms with van der Waals surface area (Å²) in [6.45, 7) is 2.49. The number of allylic oxidation sites excluding steroid dienone is 6. The summed E-state index contributed by atoms with van der Waals surface area (Å²) in [5, 5.41) is 9.59. The summed E-state index contributed by atoms with van der Waals surface area (Å²) in [5.41, 5.74) is 0.967. The van der Waals surface area contributed by atoms with Gasteiger partial charge in [-0.15, -0.1) is 0 Å². The molecule has 1 aromatic rings. The molecule has 0 bridgehead atoms. The summed E-state index contributed by atoms with van der Waals surface area (Å²) in [6.07, 6.45) is 22.8. The Balaban J connectivity index is 1.98. The van der Waals surface area contributed by atoms with Crippen LogP contribution in [0.25, 0.3) is 0 Å². The predicted molar refractivity (Wildman–Crippen MR) is 124 cm³/mol. The van der Waals surface area contributed by atoms with E-state index in [9.17, 15) is 9.90 Å². The van der Waals surface area contributed by atoms with Crippen LogP contribution >= 0.6 is 0 Å². The number of phenols is 1. The minimum Gasteiger partial charge on any atom is -0.504 e. The van der Waals surface area contributed by atoms with Crippen molar-refractivity contribution >= 4 is 5.97 Å². The van der Waals surface area contributed by atoms with E-state index in [1.165, 1.54) is 7.11 Å². The van der Waals surface area contributed by atoms with Gasteiger partial charge < -0.3 is 14.6 Å². The maximum Gasteiger partial charge on any atom is 0.305 e. The molecule has 0 spiro atoms. The third-order valence-electron chi connectivity index (χ3n) is 4.68. The zero-order chi connectivity index (χ0) is 21.9. The van der Waals surface area contributed by atoms with Crippen LogP contribution in [-0.4, -0.2) is 24.8 Å². The van der Waals surface area contributed by atoms with E-state index in [0.29, 0.717) is 25.2 Å². The van der Waals surface area contributed by atoms with E-state index in [-0.39, 0.29) is 11.7 Å². The average Bonchev–Trinajstić information content (AvgIpc) is 2.75. The van der Waals surface area contributed by atoms with Gasteiger partial charge in [0.2, 0.25) is 0 Å². The number of carbonyl (C=O) groups excluding carboxylic acids is 1. The van der Waals surface area contributed by atoms with Crippen molar-refractivity contribution in [3.8, 4) is 11.5 Å². The zero-order valence-corrected chi connectivity index (χ0v) is 18.6. The number of carbonyl (C=O) groups is 1. The Kier molecular flexibility index (Phi) is 14.8. The molecule has 1 N–H and O–H groups in total. The lowest BCUT2D eigenvalue weighted by molar-refractivity contribution is -0.143. The van der Waals surface area contributed by atoms with Crippen molar-refractivity contribution < 1.29 is 19.4 Å². The van der Waals surface area contributed by atoms with Crippen LogP contribution in [-0.2, 0) is 16.0 Å². The van der Waals surface area contributed by atoms with Crippen LogP contribution in [0.15, 0.2) is 54.7 Å². The third-order valence-corrected chi connectivity index (χ3v) is 4.68. The summed E-state index contributed by atoms with van der Waals surface area (Å²) in [4.78, 5) is 11.8. The summed E-state index contributed by atoms with van der Waals surface area (Å²) in [7, 11) is 1.51. The molecule has 0 heterocycles. The first kappa shape index (κ1) is 25.5. The predicted octanol–water partition coefficient (Wildman–Crippen LogP) is 6.69. The number of hydrogen-bond acceptors (Lipinski definition) is 4. The standard InChI is InChI=1S/C26H38O4/c1-3-4-5-6-7-8-9-10-11-12-13-14-15-16-17-26(28)30-21-20-23-18-19-24(27)25(22-23)29-2/h4-5,7-8,10-11,18-19,22,27H,3,6,9,12-17,20-21H2,1-2H3/b5-4-,8-7-,11-10-. The molecular formula is C26H38O4. The van der Waals surface area contributed by atoms with E-state index >= 15 is 0 Å². The number of esters is 1. The second-order valence-electron chi connectivity index (χ2n) is 7.22. The molecule has 0 aliphatic carbocycles. The van der Waals surface area contributed by atoms with E-state index in [2.05, 4.69) is 43.4 Å². The molecule has 0 aromatic heterocycles. The molecule has 0 saturated heterocycles. The van der Waals surface area contributed by atoms with Gasteiger partial charge in [0.15, 0.2) is 11.5 Å². The average molecular weight is 415 g/mol. The highest BCUT2D eigenvalue weighted by Crippen LogP contribution is 2.26. The van der Waals surface area contributed by atoms with E-state index in [1.54, 1.807) is 18.2 Å². The molecule has 0 aliphatic rings. The van der Waals surface area contributed by atoms with Crippen molar-refractivity contribution in [1.29, 1.82) is 0 Å². The molecule has 166 valence electrons.